The second-order valence-corrected chi connectivity index (χ2v) is 7.76. The summed E-state index contributed by atoms with van der Waals surface area (Å²) in [5.74, 6) is -1.45. The Hall–Kier alpha value is -0.990. The van der Waals surface area contributed by atoms with Gasteiger partial charge in [0.15, 0.2) is 5.82 Å². The summed E-state index contributed by atoms with van der Waals surface area (Å²) in [7, 11) is -4.24. The number of carbonyl (C=O) groups is 1. The van der Waals surface area contributed by atoms with E-state index < -0.39 is 26.6 Å². The van der Waals surface area contributed by atoms with E-state index in [1.165, 1.54) is 6.07 Å². The van der Waals surface area contributed by atoms with Crippen LogP contribution in [0.5, 0.6) is 0 Å². The number of sulfonamides is 1. The SMILES string of the molecule is CC(C)CC(C)NC(=O)c1cc(Br)cc(S(N)(=O)=O)c1F. The van der Waals surface area contributed by atoms with Crippen LogP contribution in [0.2, 0.25) is 0 Å². The predicted molar refractivity (Wildman–Crippen MR) is 81.9 cm³/mol. The molecule has 5 nitrogen and oxygen atoms in total. The number of nitrogens with one attached hydrogen (secondary N) is 1. The van der Waals surface area contributed by atoms with E-state index in [2.05, 4.69) is 21.2 Å². The summed E-state index contributed by atoms with van der Waals surface area (Å²) < 4.78 is 37.1. The molecule has 0 bridgehead atoms. The van der Waals surface area contributed by atoms with Gasteiger partial charge in [-0.05, 0) is 31.4 Å². The minimum Gasteiger partial charge on any atom is -0.349 e. The van der Waals surface area contributed by atoms with Gasteiger partial charge >= 0.3 is 0 Å². The largest absolute Gasteiger partial charge is 0.349 e. The molecule has 3 N–H and O–H groups in total. The van der Waals surface area contributed by atoms with E-state index in [4.69, 9.17) is 5.14 Å². The molecular formula is C13H18BrFN2O3S. The Kier molecular flexibility index (Phi) is 5.89. The van der Waals surface area contributed by atoms with Crippen molar-refractivity contribution in [3.05, 3.63) is 28.0 Å². The van der Waals surface area contributed by atoms with Crippen molar-refractivity contribution in [1.82, 2.24) is 5.32 Å². The summed E-state index contributed by atoms with van der Waals surface area (Å²) in [5.41, 5.74) is -0.357. The third kappa shape index (κ3) is 5.05. The van der Waals surface area contributed by atoms with Gasteiger partial charge < -0.3 is 5.32 Å². The quantitative estimate of drug-likeness (QED) is 0.821. The first-order valence-electron chi connectivity index (χ1n) is 6.35. The van der Waals surface area contributed by atoms with Gasteiger partial charge in [0.2, 0.25) is 10.0 Å². The number of halogens is 2. The molecule has 1 aromatic rings. The van der Waals surface area contributed by atoms with Gasteiger partial charge in [0, 0.05) is 10.5 Å². The number of primary sulfonamides is 1. The monoisotopic (exact) mass is 380 g/mol. The molecule has 1 amide bonds. The summed E-state index contributed by atoms with van der Waals surface area (Å²) in [6.45, 7) is 5.80. The number of nitrogens with two attached hydrogens (primary N) is 1. The number of amides is 1. The van der Waals surface area contributed by atoms with E-state index in [0.717, 1.165) is 12.5 Å². The van der Waals surface area contributed by atoms with Crippen molar-refractivity contribution in [2.45, 2.75) is 38.1 Å². The summed E-state index contributed by atoms with van der Waals surface area (Å²) in [5, 5.41) is 7.58. The fourth-order valence-electron chi connectivity index (χ4n) is 2.00. The Balaban J connectivity index is 3.14. The Morgan fingerprint density at radius 1 is 1.38 bits per heavy atom. The molecule has 0 heterocycles. The van der Waals surface area contributed by atoms with Crippen LogP contribution < -0.4 is 10.5 Å². The minimum absolute atomic E-state index is 0.159. The van der Waals surface area contributed by atoms with Crippen LogP contribution in [0, 0.1) is 11.7 Å². The molecule has 0 aliphatic heterocycles. The first kappa shape index (κ1) is 18.1. The zero-order chi connectivity index (χ0) is 16.4. The highest BCUT2D eigenvalue weighted by molar-refractivity contribution is 9.10. The molecule has 0 fully saturated rings. The molecule has 1 rings (SSSR count). The van der Waals surface area contributed by atoms with Gasteiger partial charge in [-0.15, -0.1) is 0 Å². The average molecular weight is 381 g/mol. The fourth-order valence-corrected chi connectivity index (χ4v) is 3.26. The van der Waals surface area contributed by atoms with Crippen LogP contribution in [0.25, 0.3) is 0 Å². The van der Waals surface area contributed by atoms with E-state index in [0.29, 0.717) is 5.92 Å². The van der Waals surface area contributed by atoms with E-state index in [-0.39, 0.29) is 16.1 Å². The average Bonchev–Trinajstić information content (AvgIpc) is 2.28. The first-order chi connectivity index (χ1) is 9.52. The molecule has 0 aromatic heterocycles. The lowest BCUT2D eigenvalue weighted by Gasteiger charge is -2.16. The maximum Gasteiger partial charge on any atom is 0.254 e. The van der Waals surface area contributed by atoms with Crippen LogP contribution in [0.4, 0.5) is 4.39 Å². The summed E-state index contributed by atoms with van der Waals surface area (Å²) in [4.78, 5) is 11.4. The highest BCUT2D eigenvalue weighted by atomic mass is 79.9. The van der Waals surface area contributed by atoms with Crippen molar-refractivity contribution in [3.8, 4) is 0 Å². The van der Waals surface area contributed by atoms with Gasteiger partial charge in [0.05, 0.1) is 5.56 Å². The number of rotatable bonds is 5. The molecule has 1 atom stereocenters. The fraction of sp³-hybridized carbons (Fsp3) is 0.462. The minimum atomic E-state index is -4.24. The van der Waals surface area contributed by atoms with E-state index in [1.54, 1.807) is 6.92 Å². The topological polar surface area (TPSA) is 89.3 Å². The van der Waals surface area contributed by atoms with Crippen molar-refractivity contribution < 1.29 is 17.6 Å². The molecule has 8 heteroatoms. The maximum atomic E-state index is 14.2. The lowest BCUT2D eigenvalue weighted by Crippen LogP contribution is -2.34. The van der Waals surface area contributed by atoms with Crippen molar-refractivity contribution in [1.29, 1.82) is 0 Å². The molecule has 118 valence electrons. The molecule has 1 aromatic carbocycles. The van der Waals surface area contributed by atoms with Crippen molar-refractivity contribution in [3.63, 3.8) is 0 Å². The second-order valence-electron chi connectivity index (χ2n) is 5.31. The normalized spacial score (nSPS) is 13.3. The molecule has 0 aliphatic rings. The Morgan fingerprint density at radius 3 is 2.43 bits per heavy atom. The summed E-state index contributed by atoms with van der Waals surface area (Å²) in [6, 6.07) is 2.09. The molecule has 0 aliphatic carbocycles. The van der Waals surface area contributed by atoms with Gasteiger partial charge in [-0.2, -0.15) is 0 Å². The van der Waals surface area contributed by atoms with Crippen LogP contribution in [-0.4, -0.2) is 20.4 Å². The number of carbonyl (C=O) groups excluding carboxylic acids is 1. The number of hydrogen-bond donors (Lipinski definition) is 2. The van der Waals surface area contributed by atoms with Crippen molar-refractivity contribution in [2.75, 3.05) is 0 Å². The van der Waals surface area contributed by atoms with E-state index in [1.807, 2.05) is 13.8 Å². The van der Waals surface area contributed by atoms with E-state index >= 15 is 0 Å². The van der Waals surface area contributed by atoms with Crippen LogP contribution in [-0.2, 0) is 10.0 Å². The summed E-state index contributed by atoms with van der Waals surface area (Å²) in [6.07, 6.45) is 0.726. The van der Waals surface area contributed by atoms with Crippen LogP contribution in [0.1, 0.15) is 37.6 Å². The lowest BCUT2D eigenvalue weighted by atomic mass is 10.0. The Labute approximate surface area is 132 Å². The van der Waals surface area contributed by atoms with Gasteiger partial charge in [-0.25, -0.2) is 17.9 Å². The highest BCUT2D eigenvalue weighted by Gasteiger charge is 2.23. The third-order valence-electron chi connectivity index (χ3n) is 2.76. The predicted octanol–water partition coefficient (Wildman–Crippen LogP) is 2.40. The van der Waals surface area contributed by atoms with Crippen LogP contribution in [0.15, 0.2) is 21.5 Å². The second kappa shape index (κ2) is 6.85. The van der Waals surface area contributed by atoms with Crippen molar-refractivity contribution >= 4 is 31.9 Å². The zero-order valence-electron chi connectivity index (χ0n) is 12.0. The highest BCUT2D eigenvalue weighted by Crippen LogP contribution is 2.23. The van der Waals surface area contributed by atoms with Gasteiger partial charge in [0.25, 0.3) is 5.91 Å². The Morgan fingerprint density at radius 2 is 1.95 bits per heavy atom. The van der Waals surface area contributed by atoms with E-state index in [9.17, 15) is 17.6 Å². The third-order valence-corrected chi connectivity index (χ3v) is 4.13. The van der Waals surface area contributed by atoms with Crippen molar-refractivity contribution in [2.24, 2.45) is 11.1 Å². The molecule has 0 radical (unpaired) electrons. The maximum absolute atomic E-state index is 14.2. The smallest absolute Gasteiger partial charge is 0.254 e. The van der Waals surface area contributed by atoms with Gasteiger partial charge in [0.1, 0.15) is 4.90 Å². The molecule has 21 heavy (non-hydrogen) atoms. The molecular weight excluding hydrogens is 363 g/mol. The Bertz CT molecular complexity index is 647. The number of benzene rings is 1. The standard InChI is InChI=1S/C13H18BrFN2O3S/c1-7(2)4-8(3)17-13(18)10-5-9(14)6-11(12(10)15)21(16,19)20/h5-8H,4H2,1-3H3,(H,17,18)(H2,16,19,20). The first-order valence-corrected chi connectivity index (χ1v) is 8.69. The summed E-state index contributed by atoms with van der Waals surface area (Å²) >= 11 is 3.05. The molecule has 0 saturated heterocycles. The molecule has 1 unspecified atom stereocenters. The number of hydrogen-bond acceptors (Lipinski definition) is 3. The molecule has 0 saturated carbocycles. The van der Waals surface area contributed by atoms with Gasteiger partial charge in [-0.1, -0.05) is 29.8 Å². The molecule has 0 spiro atoms. The van der Waals surface area contributed by atoms with Crippen LogP contribution >= 0.6 is 15.9 Å². The van der Waals surface area contributed by atoms with Crippen LogP contribution in [0.3, 0.4) is 0 Å². The lowest BCUT2D eigenvalue weighted by molar-refractivity contribution is 0.0931. The zero-order valence-corrected chi connectivity index (χ0v) is 14.4. The van der Waals surface area contributed by atoms with Gasteiger partial charge in [-0.3, -0.25) is 4.79 Å².